The van der Waals surface area contributed by atoms with Crippen molar-refractivity contribution in [3.63, 3.8) is 0 Å². The van der Waals surface area contributed by atoms with E-state index >= 15 is 0 Å². The summed E-state index contributed by atoms with van der Waals surface area (Å²) >= 11 is 0. The Morgan fingerprint density at radius 1 is 1.19 bits per heavy atom. The molecule has 0 aliphatic carbocycles. The zero-order valence-corrected chi connectivity index (χ0v) is 14.3. The average molecular weight is 287 g/mol. The van der Waals surface area contributed by atoms with E-state index < -0.39 is 0 Å². The largest absolute Gasteiger partial charge is 0.459 e. The van der Waals surface area contributed by atoms with Crippen molar-refractivity contribution in [1.29, 1.82) is 0 Å². The lowest BCUT2D eigenvalue weighted by Crippen LogP contribution is -2.14. The Labute approximate surface area is 128 Å². The smallest absolute Gasteiger partial charge is 0.134 e. The van der Waals surface area contributed by atoms with Crippen LogP contribution in [-0.2, 0) is 12.0 Å². The molecule has 0 aliphatic rings. The minimum absolute atomic E-state index is 0.167. The summed E-state index contributed by atoms with van der Waals surface area (Å²) in [6, 6.07) is 6.64. The van der Waals surface area contributed by atoms with Crippen LogP contribution in [0.4, 0.5) is 0 Å². The monoisotopic (exact) mass is 287 g/mol. The quantitative estimate of drug-likeness (QED) is 0.749. The molecular formula is C19H29NO. The Morgan fingerprint density at radius 3 is 2.48 bits per heavy atom. The predicted octanol–water partition coefficient (Wildman–Crippen LogP) is 5.35. The molecule has 0 spiro atoms. The number of fused-ring (bicyclic) bond motifs is 1. The summed E-state index contributed by atoms with van der Waals surface area (Å²) in [5.41, 5.74) is 3.91. The van der Waals surface area contributed by atoms with Crippen molar-refractivity contribution in [3.05, 3.63) is 35.1 Å². The van der Waals surface area contributed by atoms with E-state index in [1.807, 2.05) is 0 Å². The summed E-state index contributed by atoms with van der Waals surface area (Å²) in [7, 11) is 0. The zero-order chi connectivity index (χ0) is 15.6. The van der Waals surface area contributed by atoms with Gasteiger partial charge in [0.25, 0.3) is 0 Å². The van der Waals surface area contributed by atoms with E-state index in [0.717, 1.165) is 30.9 Å². The SMILES string of the molecule is CCCNCc1oc2ccc(C(C)(C)C)cc2c1C(C)C. The molecule has 0 fully saturated rings. The van der Waals surface area contributed by atoms with Crippen molar-refractivity contribution >= 4 is 11.0 Å². The first-order valence-corrected chi connectivity index (χ1v) is 8.11. The minimum atomic E-state index is 0.167. The Balaban J connectivity index is 2.48. The van der Waals surface area contributed by atoms with Gasteiger partial charge in [0.2, 0.25) is 0 Å². The van der Waals surface area contributed by atoms with Gasteiger partial charge >= 0.3 is 0 Å². The first kappa shape index (κ1) is 16.1. The lowest BCUT2D eigenvalue weighted by atomic mass is 9.85. The summed E-state index contributed by atoms with van der Waals surface area (Å²) in [6.45, 7) is 15.3. The summed E-state index contributed by atoms with van der Waals surface area (Å²) in [5, 5.41) is 4.74. The van der Waals surface area contributed by atoms with Crippen molar-refractivity contribution < 1.29 is 4.42 Å². The number of hydrogen-bond donors (Lipinski definition) is 1. The highest BCUT2D eigenvalue weighted by atomic mass is 16.3. The number of nitrogens with one attached hydrogen (secondary N) is 1. The van der Waals surface area contributed by atoms with Gasteiger partial charge < -0.3 is 9.73 Å². The fraction of sp³-hybridized carbons (Fsp3) is 0.579. The average Bonchev–Trinajstić information content (AvgIpc) is 2.75. The van der Waals surface area contributed by atoms with Gasteiger partial charge in [0, 0.05) is 10.9 Å². The van der Waals surface area contributed by atoms with Crippen LogP contribution in [0, 0.1) is 0 Å². The van der Waals surface area contributed by atoms with Gasteiger partial charge in [-0.3, -0.25) is 0 Å². The van der Waals surface area contributed by atoms with Gasteiger partial charge in [-0.2, -0.15) is 0 Å². The van der Waals surface area contributed by atoms with Crippen LogP contribution in [0.5, 0.6) is 0 Å². The molecule has 0 amide bonds. The molecule has 1 aromatic carbocycles. The lowest BCUT2D eigenvalue weighted by molar-refractivity contribution is 0.504. The highest BCUT2D eigenvalue weighted by Crippen LogP contribution is 2.35. The molecule has 0 saturated heterocycles. The molecule has 1 heterocycles. The third-order valence-electron chi connectivity index (χ3n) is 3.96. The maximum atomic E-state index is 6.11. The molecule has 116 valence electrons. The molecule has 0 unspecified atom stereocenters. The van der Waals surface area contributed by atoms with Crippen molar-refractivity contribution in [3.8, 4) is 0 Å². The third-order valence-corrected chi connectivity index (χ3v) is 3.96. The molecule has 0 radical (unpaired) electrons. The maximum Gasteiger partial charge on any atom is 0.134 e. The molecule has 21 heavy (non-hydrogen) atoms. The lowest BCUT2D eigenvalue weighted by Gasteiger charge is -2.19. The number of rotatable bonds is 5. The van der Waals surface area contributed by atoms with Crippen molar-refractivity contribution in [2.24, 2.45) is 0 Å². The fourth-order valence-electron chi connectivity index (χ4n) is 2.78. The van der Waals surface area contributed by atoms with Gasteiger partial charge in [-0.05, 0) is 42.0 Å². The second-order valence-electron chi connectivity index (χ2n) is 7.23. The summed E-state index contributed by atoms with van der Waals surface area (Å²) in [5.74, 6) is 1.57. The molecule has 2 nitrogen and oxygen atoms in total. The first-order valence-electron chi connectivity index (χ1n) is 8.11. The highest BCUT2D eigenvalue weighted by molar-refractivity contribution is 5.84. The second-order valence-corrected chi connectivity index (χ2v) is 7.23. The number of benzene rings is 1. The van der Waals surface area contributed by atoms with Crippen LogP contribution in [0.15, 0.2) is 22.6 Å². The van der Waals surface area contributed by atoms with E-state index in [2.05, 4.69) is 65.1 Å². The van der Waals surface area contributed by atoms with Gasteiger partial charge in [-0.1, -0.05) is 47.6 Å². The van der Waals surface area contributed by atoms with E-state index in [0.29, 0.717) is 5.92 Å². The van der Waals surface area contributed by atoms with Crippen LogP contribution >= 0.6 is 0 Å². The maximum absolute atomic E-state index is 6.11. The number of furan rings is 1. The van der Waals surface area contributed by atoms with E-state index in [1.54, 1.807) is 0 Å². The van der Waals surface area contributed by atoms with Gasteiger partial charge in [-0.25, -0.2) is 0 Å². The van der Waals surface area contributed by atoms with Gasteiger partial charge in [0.15, 0.2) is 0 Å². The molecule has 0 saturated carbocycles. The van der Waals surface area contributed by atoms with Gasteiger partial charge in [0.05, 0.1) is 6.54 Å². The number of hydrogen-bond acceptors (Lipinski definition) is 2. The molecular weight excluding hydrogens is 258 g/mol. The summed E-state index contributed by atoms with van der Waals surface area (Å²) < 4.78 is 6.11. The van der Waals surface area contributed by atoms with Crippen molar-refractivity contribution in [2.45, 2.75) is 65.8 Å². The Morgan fingerprint density at radius 2 is 1.90 bits per heavy atom. The third kappa shape index (κ3) is 3.49. The topological polar surface area (TPSA) is 25.2 Å². The highest BCUT2D eigenvalue weighted by Gasteiger charge is 2.20. The predicted molar refractivity (Wildman–Crippen MR) is 91.0 cm³/mol. The van der Waals surface area contributed by atoms with Crippen molar-refractivity contribution in [2.75, 3.05) is 6.54 Å². The summed E-state index contributed by atoms with van der Waals surface area (Å²) in [6.07, 6.45) is 1.14. The van der Waals surface area contributed by atoms with Crippen LogP contribution in [0.2, 0.25) is 0 Å². The molecule has 0 atom stereocenters. The second kappa shape index (κ2) is 6.23. The zero-order valence-electron chi connectivity index (χ0n) is 14.3. The standard InChI is InChI=1S/C19H29NO/c1-7-10-20-12-17-18(13(2)3)15-11-14(19(4,5)6)8-9-16(15)21-17/h8-9,11,13,20H,7,10,12H2,1-6H3. The van der Waals surface area contributed by atoms with Crippen LogP contribution in [0.25, 0.3) is 11.0 Å². The molecule has 1 N–H and O–H groups in total. The normalized spacial score (nSPS) is 12.5. The first-order chi connectivity index (χ1) is 9.84. The Bertz CT molecular complexity index is 602. The molecule has 2 rings (SSSR count). The van der Waals surface area contributed by atoms with E-state index in [-0.39, 0.29) is 5.41 Å². The summed E-state index contributed by atoms with van der Waals surface area (Å²) in [4.78, 5) is 0. The molecule has 0 aliphatic heterocycles. The fourth-order valence-corrected chi connectivity index (χ4v) is 2.78. The van der Waals surface area contributed by atoms with Crippen molar-refractivity contribution in [1.82, 2.24) is 5.32 Å². The van der Waals surface area contributed by atoms with Crippen LogP contribution < -0.4 is 5.32 Å². The van der Waals surface area contributed by atoms with Crippen LogP contribution in [0.1, 0.15) is 70.8 Å². The molecule has 1 aromatic heterocycles. The van der Waals surface area contributed by atoms with Gasteiger partial charge in [0.1, 0.15) is 11.3 Å². The van der Waals surface area contributed by atoms with E-state index in [1.165, 1.54) is 16.5 Å². The van der Waals surface area contributed by atoms with Gasteiger partial charge in [-0.15, -0.1) is 0 Å². The van der Waals surface area contributed by atoms with E-state index in [4.69, 9.17) is 4.42 Å². The van der Waals surface area contributed by atoms with Crippen LogP contribution in [0.3, 0.4) is 0 Å². The molecule has 0 bridgehead atoms. The van der Waals surface area contributed by atoms with E-state index in [9.17, 15) is 0 Å². The Hall–Kier alpha value is -1.28. The van der Waals surface area contributed by atoms with Crippen LogP contribution in [-0.4, -0.2) is 6.54 Å². The minimum Gasteiger partial charge on any atom is -0.459 e. The molecule has 2 aromatic rings. The molecule has 2 heteroatoms. The Kier molecular flexibility index (Phi) is 4.77.